The fourth-order valence-corrected chi connectivity index (χ4v) is 2.19. The second-order valence-corrected chi connectivity index (χ2v) is 4.54. The first-order chi connectivity index (χ1) is 9.69. The average Bonchev–Trinajstić information content (AvgIpc) is 2.93. The summed E-state index contributed by atoms with van der Waals surface area (Å²) in [6.07, 6.45) is 0.843. The van der Waals surface area contributed by atoms with Crippen molar-refractivity contribution in [1.29, 1.82) is 0 Å². The lowest BCUT2D eigenvalue weighted by Crippen LogP contribution is -2.21. The fraction of sp³-hybridized carbons (Fsp3) is 0.375. The number of aryl methyl sites for hydroxylation is 1. The van der Waals surface area contributed by atoms with E-state index in [9.17, 15) is 4.39 Å². The number of rotatable bonds is 6. The standard InChI is InChI=1S/C16H20FNO2/c1-4-12-7-9-15(20-12)16(18-5-2)11-6-8-14(19-3)13(17)10-11/h6-10,16,18H,4-5H2,1-3H3. The molecule has 1 unspecified atom stereocenters. The molecule has 1 N–H and O–H groups in total. The van der Waals surface area contributed by atoms with Crippen LogP contribution in [0.2, 0.25) is 0 Å². The Labute approximate surface area is 118 Å². The molecule has 0 bridgehead atoms. The van der Waals surface area contributed by atoms with Gasteiger partial charge in [-0.05, 0) is 36.4 Å². The minimum absolute atomic E-state index is 0.152. The molecule has 0 aliphatic rings. The molecule has 0 saturated carbocycles. The normalized spacial score (nSPS) is 12.4. The summed E-state index contributed by atoms with van der Waals surface area (Å²) in [6, 6.07) is 8.72. The van der Waals surface area contributed by atoms with E-state index in [2.05, 4.69) is 5.32 Å². The molecule has 0 aliphatic carbocycles. The smallest absolute Gasteiger partial charge is 0.165 e. The van der Waals surface area contributed by atoms with Gasteiger partial charge >= 0.3 is 0 Å². The SMILES string of the molecule is CCNC(c1ccc(OC)c(F)c1)c1ccc(CC)o1. The molecule has 0 saturated heterocycles. The van der Waals surface area contributed by atoms with Gasteiger partial charge in [-0.2, -0.15) is 0 Å². The molecule has 0 aliphatic heterocycles. The predicted octanol–water partition coefficient (Wildman–Crippen LogP) is 3.69. The van der Waals surface area contributed by atoms with Gasteiger partial charge in [-0.15, -0.1) is 0 Å². The Morgan fingerprint density at radius 3 is 2.60 bits per heavy atom. The molecule has 4 heteroatoms. The number of methoxy groups -OCH3 is 1. The lowest BCUT2D eigenvalue weighted by Gasteiger charge is -2.17. The first-order valence-corrected chi connectivity index (χ1v) is 6.85. The van der Waals surface area contributed by atoms with E-state index in [-0.39, 0.29) is 17.6 Å². The minimum atomic E-state index is -0.366. The van der Waals surface area contributed by atoms with E-state index in [1.807, 2.05) is 32.0 Å². The van der Waals surface area contributed by atoms with Gasteiger partial charge in [0.1, 0.15) is 11.5 Å². The van der Waals surface area contributed by atoms with Gasteiger partial charge in [-0.3, -0.25) is 0 Å². The van der Waals surface area contributed by atoms with Crippen LogP contribution < -0.4 is 10.1 Å². The molecule has 1 atom stereocenters. The van der Waals surface area contributed by atoms with Crippen LogP contribution in [0.15, 0.2) is 34.7 Å². The number of hydrogen-bond donors (Lipinski definition) is 1. The highest BCUT2D eigenvalue weighted by atomic mass is 19.1. The van der Waals surface area contributed by atoms with Crippen molar-refractivity contribution >= 4 is 0 Å². The van der Waals surface area contributed by atoms with Crippen LogP contribution >= 0.6 is 0 Å². The molecule has 108 valence electrons. The van der Waals surface area contributed by atoms with E-state index in [4.69, 9.17) is 9.15 Å². The summed E-state index contributed by atoms with van der Waals surface area (Å²) < 4.78 is 24.6. The molecular formula is C16H20FNO2. The van der Waals surface area contributed by atoms with Crippen LogP contribution in [0.1, 0.15) is 37.0 Å². The van der Waals surface area contributed by atoms with Gasteiger partial charge in [0, 0.05) is 6.42 Å². The molecule has 0 amide bonds. The van der Waals surface area contributed by atoms with Crippen LogP contribution in [0.4, 0.5) is 4.39 Å². The Morgan fingerprint density at radius 2 is 2.05 bits per heavy atom. The first-order valence-electron chi connectivity index (χ1n) is 6.85. The molecule has 0 fully saturated rings. The predicted molar refractivity (Wildman–Crippen MR) is 76.6 cm³/mol. The van der Waals surface area contributed by atoms with E-state index in [1.54, 1.807) is 6.07 Å². The van der Waals surface area contributed by atoms with E-state index in [1.165, 1.54) is 13.2 Å². The van der Waals surface area contributed by atoms with E-state index < -0.39 is 0 Å². The highest BCUT2D eigenvalue weighted by molar-refractivity contribution is 5.34. The van der Waals surface area contributed by atoms with E-state index in [0.717, 1.165) is 30.0 Å². The van der Waals surface area contributed by atoms with Crippen molar-refractivity contribution in [3.8, 4) is 5.75 Å². The molecule has 2 rings (SSSR count). The van der Waals surface area contributed by atoms with Crippen LogP contribution in [-0.2, 0) is 6.42 Å². The largest absolute Gasteiger partial charge is 0.494 e. The molecule has 1 aromatic heterocycles. The number of halogens is 1. The van der Waals surface area contributed by atoms with Crippen LogP contribution in [-0.4, -0.2) is 13.7 Å². The van der Waals surface area contributed by atoms with Crippen LogP contribution in [0.3, 0.4) is 0 Å². The number of nitrogens with one attached hydrogen (secondary N) is 1. The summed E-state index contributed by atoms with van der Waals surface area (Å²) in [6.45, 7) is 4.81. The summed E-state index contributed by atoms with van der Waals surface area (Å²) >= 11 is 0. The quantitative estimate of drug-likeness (QED) is 0.874. The van der Waals surface area contributed by atoms with Gasteiger partial charge in [0.05, 0.1) is 13.2 Å². The Hall–Kier alpha value is -1.81. The highest BCUT2D eigenvalue weighted by Crippen LogP contribution is 2.27. The van der Waals surface area contributed by atoms with Gasteiger partial charge in [0.25, 0.3) is 0 Å². The maximum absolute atomic E-state index is 13.9. The lowest BCUT2D eigenvalue weighted by molar-refractivity contribution is 0.384. The number of benzene rings is 1. The Bertz CT molecular complexity index is 565. The minimum Gasteiger partial charge on any atom is -0.494 e. The number of ether oxygens (including phenoxy) is 1. The van der Waals surface area contributed by atoms with Gasteiger partial charge < -0.3 is 14.5 Å². The third kappa shape index (κ3) is 3.02. The first kappa shape index (κ1) is 14.6. The third-order valence-corrected chi connectivity index (χ3v) is 3.23. The molecule has 20 heavy (non-hydrogen) atoms. The van der Waals surface area contributed by atoms with E-state index in [0.29, 0.717) is 0 Å². The third-order valence-electron chi connectivity index (χ3n) is 3.23. The number of hydrogen-bond acceptors (Lipinski definition) is 3. The summed E-state index contributed by atoms with van der Waals surface area (Å²) in [5.41, 5.74) is 0.821. The molecule has 0 spiro atoms. The van der Waals surface area contributed by atoms with Crippen LogP contribution in [0.25, 0.3) is 0 Å². The number of furan rings is 1. The second kappa shape index (κ2) is 6.57. The summed E-state index contributed by atoms with van der Waals surface area (Å²) in [5, 5.41) is 3.32. The van der Waals surface area contributed by atoms with Gasteiger partial charge in [0.2, 0.25) is 0 Å². The maximum atomic E-state index is 13.9. The zero-order chi connectivity index (χ0) is 14.5. The monoisotopic (exact) mass is 277 g/mol. The molecule has 1 aromatic carbocycles. The van der Waals surface area contributed by atoms with Crippen molar-refractivity contribution in [2.45, 2.75) is 26.3 Å². The topological polar surface area (TPSA) is 34.4 Å². The van der Waals surface area contributed by atoms with Crippen molar-refractivity contribution in [1.82, 2.24) is 5.32 Å². The van der Waals surface area contributed by atoms with Gasteiger partial charge in [-0.1, -0.05) is 19.9 Å². The zero-order valence-corrected chi connectivity index (χ0v) is 12.1. The van der Waals surface area contributed by atoms with Gasteiger partial charge in [0.15, 0.2) is 11.6 Å². The molecule has 0 radical (unpaired) electrons. The van der Waals surface area contributed by atoms with Crippen molar-refractivity contribution in [3.63, 3.8) is 0 Å². The summed E-state index contributed by atoms with van der Waals surface area (Å²) in [7, 11) is 1.46. The lowest BCUT2D eigenvalue weighted by atomic mass is 10.0. The molecule has 2 aromatic rings. The van der Waals surface area contributed by atoms with Crippen molar-refractivity contribution in [2.75, 3.05) is 13.7 Å². The molecule has 3 nitrogen and oxygen atoms in total. The Kier molecular flexibility index (Phi) is 4.79. The van der Waals surface area contributed by atoms with Gasteiger partial charge in [-0.25, -0.2) is 4.39 Å². The zero-order valence-electron chi connectivity index (χ0n) is 12.1. The maximum Gasteiger partial charge on any atom is 0.165 e. The summed E-state index contributed by atoms with van der Waals surface area (Å²) in [4.78, 5) is 0. The van der Waals surface area contributed by atoms with Crippen molar-refractivity contribution in [3.05, 3.63) is 53.2 Å². The summed E-state index contributed by atoms with van der Waals surface area (Å²) in [5.74, 6) is 1.61. The van der Waals surface area contributed by atoms with Crippen LogP contribution in [0.5, 0.6) is 5.75 Å². The van der Waals surface area contributed by atoms with E-state index >= 15 is 0 Å². The van der Waals surface area contributed by atoms with Crippen molar-refractivity contribution in [2.24, 2.45) is 0 Å². The fourth-order valence-electron chi connectivity index (χ4n) is 2.19. The Morgan fingerprint density at radius 1 is 1.25 bits per heavy atom. The van der Waals surface area contributed by atoms with Crippen molar-refractivity contribution < 1.29 is 13.5 Å². The molecule has 1 heterocycles. The Balaban J connectivity index is 2.34. The average molecular weight is 277 g/mol. The van der Waals surface area contributed by atoms with Crippen LogP contribution in [0, 0.1) is 5.82 Å². The second-order valence-electron chi connectivity index (χ2n) is 4.54. The highest BCUT2D eigenvalue weighted by Gasteiger charge is 2.18. The molecular weight excluding hydrogens is 257 g/mol.